The number of benzene rings is 1. The zero-order valence-corrected chi connectivity index (χ0v) is 14.9. The summed E-state index contributed by atoms with van der Waals surface area (Å²) in [5.74, 6) is 1.75. The Morgan fingerprint density at radius 3 is 2.40 bits per heavy atom. The molecule has 0 saturated carbocycles. The minimum atomic E-state index is 0.224. The van der Waals surface area contributed by atoms with Gasteiger partial charge in [0.1, 0.15) is 0 Å². The molecule has 4 rings (SSSR count). The van der Waals surface area contributed by atoms with Crippen LogP contribution >= 0.6 is 0 Å². The van der Waals surface area contributed by atoms with E-state index in [1.165, 1.54) is 11.1 Å². The fourth-order valence-corrected chi connectivity index (χ4v) is 4.87. The van der Waals surface area contributed by atoms with Gasteiger partial charge in [-0.05, 0) is 55.1 Å². The highest BCUT2D eigenvalue weighted by Gasteiger charge is 2.34. The SMILES string of the molecule is O=C(CC1Cc2ccccc2C1)N[C@@H]1CCOC[C@@H]1C1CCOCC1. The molecular formula is C21H29NO3. The van der Waals surface area contributed by atoms with E-state index in [0.717, 1.165) is 58.5 Å². The van der Waals surface area contributed by atoms with E-state index in [2.05, 4.69) is 29.6 Å². The fraction of sp³-hybridized carbons (Fsp3) is 0.667. The largest absolute Gasteiger partial charge is 0.381 e. The Hall–Kier alpha value is -1.39. The van der Waals surface area contributed by atoms with Gasteiger partial charge >= 0.3 is 0 Å². The maximum absolute atomic E-state index is 12.7. The smallest absolute Gasteiger partial charge is 0.220 e. The van der Waals surface area contributed by atoms with Crippen molar-refractivity contribution in [2.45, 2.75) is 44.6 Å². The second kappa shape index (κ2) is 7.88. The zero-order valence-electron chi connectivity index (χ0n) is 14.9. The Labute approximate surface area is 150 Å². The van der Waals surface area contributed by atoms with Crippen molar-refractivity contribution < 1.29 is 14.3 Å². The third-order valence-corrected chi connectivity index (χ3v) is 6.23. The summed E-state index contributed by atoms with van der Waals surface area (Å²) in [6.45, 7) is 3.24. The van der Waals surface area contributed by atoms with E-state index in [-0.39, 0.29) is 11.9 Å². The van der Waals surface area contributed by atoms with Crippen molar-refractivity contribution in [1.82, 2.24) is 5.32 Å². The minimum Gasteiger partial charge on any atom is -0.381 e. The molecule has 2 fully saturated rings. The number of fused-ring (bicyclic) bond motifs is 1. The van der Waals surface area contributed by atoms with Gasteiger partial charge in [0.2, 0.25) is 5.91 Å². The van der Waals surface area contributed by atoms with E-state index in [1.54, 1.807) is 0 Å². The van der Waals surface area contributed by atoms with Crippen LogP contribution in [0.5, 0.6) is 0 Å². The first kappa shape index (κ1) is 17.0. The first-order chi connectivity index (χ1) is 12.3. The quantitative estimate of drug-likeness (QED) is 0.914. The van der Waals surface area contributed by atoms with E-state index in [4.69, 9.17) is 9.47 Å². The second-order valence-electron chi connectivity index (χ2n) is 7.90. The highest BCUT2D eigenvalue weighted by atomic mass is 16.5. The van der Waals surface area contributed by atoms with Crippen LogP contribution in [0.2, 0.25) is 0 Å². The van der Waals surface area contributed by atoms with Crippen molar-refractivity contribution in [3.63, 3.8) is 0 Å². The topological polar surface area (TPSA) is 47.6 Å². The molecule has 2 heterocycles. The van der Waals surface area contributed by atoms with Gasteiger partial charge in [-0.1, -0.05) is 24.3 Å². The van der Waals surface area contributed by atoms with Crippen LogP contribution in [0.25, 0.3) is 0 Å². The molecule has 4 heteroatoms. The maximum atomic E-state index is 12.7. The number of rotatable bonds is 4. The molecule has 1 N–H and O–H groups in total. The molecule has 2 aliphatic heterocycles. The van der Waals surface area contributed by atoms with E-state index >= 15 is 0 Å². The van der Waals surface area contributed by atoms with Crippen LogP contribution in [0.1, 0.15) is 36.8 Å². The van der Waals surface area contributed by atoms with Gasteiger partial charge in [0.15, 0.2) is 0 Å². The van der Waals surface area contributed by atoms with Crippen LogP contribution in [0, 0.1) is 17.8 Å². The Morgan fingerprint density at radius 1 is 1.00 bits per heavy atom. The van der Waals surface area contributed by atoms with Gasteiger partial charge in [0.05, 0.1) is 6.61 Å². The lowest BCUT2D eigenvalue weighted by molar-refractivity contribution is -0.124. The van der Waals surface area contributed by atoms with Crippen LogP contribution in [-0.2, 0) is 27.1 Å². The molecule has 1 aromatic carbocycles. The Morgan fingerprint density at radius 2 is 1.68 bits per heavy atom. The predicted octanol–water partition coefficient (Wildman–Crippen LogP) is 2.74. The number of carbonyl (C=O) groups excluding carboxylic acids is 1. The summed E-state index contributed by atoms with van der Waals surface area (Å²) in [5.41, 5.74) is 2.85. The van der Waals surface area contributed by atoms with Gasteiger partial charge < -0.3 is 14.8 Å². The number of ether oxygens (including phenoxy) is 2. The van der Waals surface area contributed by atoms with E-state index in [1.807, 2.05) is 0 Å². The minimum absolute atomic E-state index is 0.224. The summed E-state index contributed by atoms with van der Waals surface area (Å²) in [7, 11) is 0. The number of amides is 1. The summed E-state index contributed by atoms with van der Waals surface area (Å²) in [5, 5.41) is 3.36. The lowest BCUT2D eigenvalue weighted by Crippen LogP contribution is -2.49. The zero-order chi connectivity index (χ0) is 17.1. The molecule has 2 saturated heterocycles. The van der Waals surface area contributed by atoms with Gasteiger partial charge in [0, 0.05) is 38.2 Å². The van der Waals surface area contributed by atoms with Gasteiger partial charge in [-0.2, -0.15) is 0 Å². The Kier molecular flexibility index (Phi) is 5.37. The molecule has 1 aromatic rings. The van der Waals surface area contributed by atoms with Crippen molar-refractivity contribution in [3.8, 4) is 0 Å². The molecule has 25 heavy (non-hydrogen) atoms. The number of carbonyl (C=O) groups is 1. The standard InChI is InChI=1S/C21H29NO3/c23-21(13-15-11-17-3-1-2-4-18(17)12-15)22-20-7-10-25-14-19(20)16-5-8-24-9-6-16/h1-4,15-16,19-20H,5-14H2,(H,22,23)/t19-,20-/m1/s1. The van der Waals surface area contributed by atoms with Gasteiger partial charge in [-0.15, -0.1) is 0 Å². The van der Waals surface area contributed by atoms with Crippen molar-refractivity contribution in [2.24, 2.45) is 17.8 Å². The molecule has 0 aromatic heterocycles. The van der Waals surface area contributed by atoms with E-state index < -0.39 is 0 Å². The third-order valence-electron chi connectivity index (χ3n) is 6.23. The lowest BCUT2D eigenvalue weighted by Gasteiger charge is -2.39. The average molecular weight is 343 g/mol. The Balaban J connectivity index is 1.32. The average Bonchev–Trinajstić information content (AvgIpc) is 3.05. The normalized spacial score (nSPS) is 27.8. The van der Waals surface area contributed by atoms with E-state index in [9.17, 15) is 4.79 Å². The monoisotopic (exact) mass is 343 g/mol. The summed E-state index contributed by atoms with van der Waals surface area (Å²) < 4.78 is 11.2. The second-order valence-corrected chi connectivity index (χ2v) is 7.90. The third kappa shape index (κ3) is 4.06. The van der Waals surface area contributed by atoms with E-state index in [0.29, 0.717) is 24.2 Å². The van der Waals surface area contributed by atoms with Crippen molar-refractivity contribution >= 4 is 5.91 Å². The highest BCUT2D eigenvalue weighted by Crippen LogP contribution is 2.31. The Bertz CT molecular complexity index is 572. The molecular weight excluding hydrogens is 314 g/mol. The first-order valence-corrected chi connectivity index (χ1v) is 9.81. The van der Waals surface area contributed by atoms with Crippen LogP contribution in [0.15, 0.2) is 24.3 Å². The maximum Gasteiger partial charge on any atom is 0.220 e. The summed E-state index contributed by atoms with van der Waals surface area (Å²) in [6.07, 6.45) is 5.86. The van der Waals surface area contributed by atoms with Crippen LogP contribution < -0.4 is 5.32 Å². The molecule has 3 aliphatic rings. The van der Waals surface area contributed by atoms with Gasteiger partial charge in [-0.25, -0.2) is 0 Å². The molecule has 1 amide bonds. The van der Waals surface area contributed by atoms with Gasteiger partial charge in [-0.3, -0.25) is 4.79 Å². The number of hydrogen-bond acceptors (Lipinski definition) is 3. The van der Waals surface area contributed by atoms with Crippen LogP contribution in [0.3, 0.4) is 0 Å². The van der Waals surface area contributed by atoms with Crippen molar-refractivity contribution in [2.75, 3.05) is 26.4 Å². The number of hydrogen-bond donors (Lipinski definition) is 1. The van der Waals surface area contributed by atoms with Crippen molar-refractivity contribution in [3.05, 3.63) is 35.4 Å². The summed E-state index contributed by atoms with van der Waals surface area (Å²) in [4.78, 5) is 12.7. The molecule has 0 unspecified atom stereocenters. The molecule has 0 radical (unpaired) electrons. The highest BCUT2D eigenvalue weighted by molar-refractivity contribution is 5.76. The number of nitrogens with one attached hydrogen (secondary N) is 1. The first-order valence-electron chi connectivity index (χ1n) is 9.81. The molecule has 136 valence electrons. The van der Waals surface area contributed by atoms with Crippen LogP contribution in [0.4, 0.5) is 0 Å². The summed E-state index contributed by atoms with van der Waals surface area (Å²) in [6, 6.07) is 8.87. The molecule has 0 bridgehead atoms. The van der Waals surface area contributed by atoms with Gasteiger partial charge in [0.25, 0.3) is 0 Å². The fourth-order valence-electron chi connectivity index (χ4n) is 4.87. The summed E-state index contributed by atoms with van der Waals surface area (Å²) >= 11 is 0. The molecule has 1 aliphatic carbocycles. The molecule has 4 nitrogen and oxygen atoms in total. The lowest BCUT2D eigenvalue weighted by atomic mass is 9.79. The van der Waals surface area contributed by atoms with Crippen molar-refractivity contribution in [1.29, 1.82) is 0 Å². The van der Waals surface area contributed by atoms with Crippen LogP contribution in [-0.4, -0.2) is 38.4 Å². The molecule has 0 spiro atoms. The molecule has 2 atom stereocenters. The predicted molar refractivity (Wildman–Crippen MR) is 96.4 cm³/mol.